The lowest BCUT2D eigenvalue weighted by Gasteiger charge is -2.21. The molecule has 0 heterocycles. The number of halogens is 3. The summed E-state index contributed by atoms with van der Waals surface area (Å²) in [6.07, 6.45) is -3.97. The summed E-state index contributed by atoms with van der Waals surface area (Å²) < 4.78 is 56.5. The Balaban J connectivity index is 2.08. The van der Waals surface area contributed by atoms with Gasteiger partial charge in [0.05, 0.1) is 20.9 Å². The van der Waals surface area contributed by atoms with Crippen molar-refractivity contribution in [2.45, 2.75) is 57.6 Å². The molecule has 0 aliphatic heterocycles. The molecule has 2 aromatic rings. The maximum absolute atomic E-state index is 14.2. The van der Waals surface area contributed by atoms with Gasteiger partial charge in [-0.2, -0.15) is 0 Å². The van der Waals surface area contributed by atoms with Gasteiger partial charge in [0.2, 0.25) is 0 Å². The molecule has 0 saturated heterocycles. The molecule has 3 unspecified atom stereocenters. The molecular formula is C25H32F3NO4. The van der Waals surface area contributed by atoms with Crippen LogP contribution in [0.1, 0.15) is 36.5 Å². The predicted octanol–water partition coefficient (Wildman–Crippen LogP) is 5.53. The van der Waals surface area contributed by atoms with Gasteiger partial charge in [0.25, 0.3) is 0 Å². The van der Waals surface area contributed by atoms with Crippen molar-refractivity contribution >= 4 is 6.09 Å². The van der Waals surface area contributed by atoms with Gasteiger partial charge in [-0.1, -0.05) is 37.3 Å². The number of carbonyl (C=O) groups excluding carboxylic acids is 1. The Morgan fingerprint density at radius 2 is 1.58 bits per heavy atom. The lowest BCUT2D eigenvalue weighted by Crippen LogP contribution is -2.36. The van der Waals surface area contributed by atoms with Crippen LogP contribution in [-0.2, 0) is 24.2 Å². The highest BCUT2D eigenvalue weighted by Gasteiger charge is 2.24. The first kappa shape index (κ1) is 26.4. The molecule has 0 fully saturated rings. The highest BCUT2D eigenvalue weighted by Crippen LogP contribution is 2.32. The minimum atomic E-state index is -1.89. The van der Waals surface area contributed by atoms with Crippen LogP contribution in [0.15, 0.2) is 42.5 Å². The smallest absolute Gasteiger partial charge is 0.407 e. The van der Waals surface area contributed by atoms with E-state index in [1.807, 2.05) is 37.3 Å². The highest BCUT2D eigenvalue weighted by atomic mass is 19.2. The molecule has 3 atom stereocenters. The van der Waals surface area contributed by atoms with E-state index in [0.717, 1.165) is 11.1 Å². The van der Waals surface area contributed by atoms with Crippen molar-refractivity contribution in [3.05, 3.63) is 59.2 Å². The Hall–Kier alpha value is -2.90. The Morgan fingerprint density at radius 1 is 0.970 bits per heavy atom. The summed E-state index contributed by atoms with van der Waals surface area (Å²) in [7, 11) is 2.92. The van der Waals surface area contributed by atoms with E-state index in [9.17, 15) is 18.0 Å². The number of methoxy groups -OCH3 is 2. The van der Waals surface area contributed by atoms with Crippen LogP contribution >= 0.6 is 0 Å². The van der Waals surface area contributed by atoms with Crippen LogP contribution in [0.25, 0.3) is 0 Å². The number of amides is 1. The van der Waals surface area contributed by atoms with Gasteiger partial charge in [0, 0.05) is 24.4 Å². The van der Waals surface area contributed by atoms with E-state index in [-0.39, 0.29) is 19.1 Å². The van der Waals surface area contributed by atoms with Crippen LogP contribution in [0, 0.1) is 0 Å². The molecule has 182 valence electrons. The monoisotopic (exact) mass is 467 g/mol. The summed E-state index contributed by atoms with van der Waals surface area (Å²) >= 11 is 0. The summed E-state index contributed by atoms with van der Waals surface area (Å²) in [6.45, 7) is 1.18. The highest BCUT2D eigenvalue weighted by molar-refractivity contribution is 5.67. The molecule has 8 heteroatoms. The zero-order valence-corrected chi connectivity index (χ0v) is 19.3. The van der Waals surface area contributed by atoms with Crippen LogP contribution in [-0.4, -0.2) is 45.4 Å². The maximum Gasteiger partial charge on any atom is 0.407 e. The summed E-state index contributed by atoms with van der Waals surface area (Å²) in [6, 6.07) is 12.4. The number of rotatable bonds is 13. The van der Waals surface area contributed by atoms with Crippen LogP contribution in [0.3, 0.4) is 0 Å². The number of alkyl carbamates (subject to hydrolysis) is 1. The third kappa shape index (κ3) is 8.18. The third-order valence-electron chi connectivity index (χ3n) is 5.37. The molecule has 1 N–H and O–H groups in total. The third-order valence-corrected chi connectivity index (χ3v) is 5.37. The quantitative estimate of drug-likeness (QED) is 0.421. The van der Waals surface area contributed by atoms with Crippen molar-refractivity contribution in [1.29, 1.82) is 0 Å². The number of hydrogen-bond acceptors (Lipinski definition) is 4. The maximum atomic E-state index is 14.2. The SMILES string of the molecule is CCC(Cc1cc(OC)c(CC(F)C(F)CCF)cc1OC)NC(=O)OCc1ccccc1. The van der Waals surface area contributed by atoms with Crippen molar-refractivity contribution in [3.8, 4) is 11.5 Å². The van der Waals surface area contributed by atoms with Crippen molar-refractivity contribution in [2.24, 2.45) is 0 Å². The van der Waals surface area contributed by atoms with Gasteiger partial charge < -0.3 is 19.5 Å². The fourth-order valence-electron chi connectivity index (χ4n) is 3.46. The van der Waals surface area contributed by atoms with Crippen LogP contribution < -0.4 is 14.8 Å². The first-order chi connectivity index (χ1) is 15.9. The van der Waals surface area contributed by atoms with Crippen molar-refractivity contribution in [1.82, 2.24) is 5.32 Å². The Kier molecular flexibility index (Phi) is 10.9. The normalized spacial score (nSPS) is 13.6. The number of ether oxygens (including phenoxy) is 3. The molecule has 1 amide bonds. The average Bonchev–Trinajstić information content (AvgIpc) is 2.83. The Bertz CT molecular complexity index is 866. The van der Waals surface area contributed by atoms with E-state index in [2.05, 4.69) is 5.32 Å². The Labute approximate surface area is 193 Å². The van der Waals surface area contributed by atoms with E-state index in [1.165, 1.54) is 14.2 Å². The summed E-state index contributed by atoms with van der Waals surface area (Å²) in [5.41, 5.74) is 2.05. The summed E-state index contributed by atoms with van der Waals surface area (Å²) in [5.74, 6) is 0.846. The lowest BCUT2D eigenvalue weighted by atomic mass is 9.97. The summed E-state index contributed by atoms with van der Waals surface area (Å²) in [5, 5.41) is 2.85. The number of nitrogens with one attached hydrogen (secondary N) is 1. The van der Waals surface area contributed by atoms with E-state index >= 15 is 0 Å². The van der Waals surface area contributed by atoms with Crippen LogP contribution in [0.2, 0.25) is 0 Å². The average molecular weight is 468 g/mol. The molecule has 0 spiro atoms. The molecule has 0 bridgehead atoms. The number of hydrogen-bond donors (Lipinski definition) is 1. The van der Waals surface area contributed by atoms with Gasteiger partial charge in [0.1, 0.15) is 30.4 Å². The van der Waals surface area contributed by atoms with Crippen LogP contribution in [0.4, 0.5) is 18.0 Å². The van der Waals surface area contributed by atoms with E-state index in [0.29, 0.717) is 29.9 Å². The second-order valence-electron chi connectivity index (χ2n) is 7.71. The molecule has 0 aliphatic carbocycles. The fraction of sp³-hybridized carbons (Fsp3) is 0.480. The molecule has 0 aromatic heterocycles. The number of benzene rings is 2. The van der Waals surface area contributed by atoms with Gasteiger partial charge in [-0.25, -0.2) is 13.6 Å². The second-order valence-corrected chi connectivity index (χ2v) is 7.71. The van der Waals surface area contributed by atoms with Gasteiger partial charge in [0.15, 0.2) is 0 Å². The first-order valence-electron chi connectivity index (χ1n) is 11.0. The molecule has 0 aliphatic rings. The van der Waals surface area contributed by atoms with E-state index in [1.54, 1.807) is 12.1 Å². The molecule has 33 heavy (non-hydrogen) atoms. The molecule has 5 nitrogen and oxygen atoms in total. The Morgan fingerprint density at radius 3 is 2.12 bits per heavy atom. The predicted molar refractivity (Wildman–Crippen MR) is 121 cm³/mol. The molecule has 2 aromatic carbocycles. The largest absolute Gasteiger partial charge is 0.496 e. The van der Waals surface area contributed by atoms with Crippen molar-refractivity contribution < 1.29 is 32.2 Å². The minimum absolute atomic E-state index is 0.164. The minimum Gasteiger partial charge on any atom is -0.496 e. The van der Waals surface area contributed by atoms with Gasteiger partial charge >= 0.3 is 6.09 Å². The van der Waals surface area contributed by atoms with E-state index in [4.69, 9.17) is 14.2 Å². The number of carbonyl (C=O) groups is 1. The second kappa shape index (κ2) is 13.6. The lowest BCUT2D eigenvalue weighted by molar-refractivity contribution is 0.135. The molecule has 2 rings (SSSR count). The zero-order chi connectivity index (χ0) is 24.2. The first-order valence-corrected chi connectivity index (χ1v) is 11.0. The van der Waals surface area contributed by atoms with Crippen molar-refractivity contribution in [3.63, 3.8) is 0 Å². The number of alkyl halides is 3. The zero-order valence-electron chi connectivity index (χ0n) is 19.3. The molecule has 0 radical (unpaired) electrons. The fourth-order valence-corrected chi connectivity index (χ4v) is 3.46. The summed E-state index contributed by atoms with van der Waals surface area (Å²) in [4.78, 5) is 12.3. The van der Waals surface area contributed by atoms with Crippen LogP contribution in [0.5, 0.6) is 11.5 Å². The standard InChI is InChI=1S/C25H32F3NO4/c1-4-20(29-25(30)33-16-17-8-6-5-7-9-17)12-18-14-24(32-3)19(15-23(18)31-2)13-22(28)21(27)10-11-26/h5-9,14-15,20-22H,4,10-13,16H2,1-3H3,(H,29,30). The van der Waals surface area contributed by atoms with Crippen molar-refractivity contribution in [2.75, 3.05) is 20.9 Å². The topological polar surface area (TPSA) is 56.8 Å². The molecule has 0 saturated carbocycles. The molecular weight excluding hydrogens is 435 g/mol. The van der Waals surface area contributed by atoms with Gasteiger partial charge in [-0.15, -0.1) is 0 Å². The van der Waals surface area contributed by atoms with E-state index < -0.39 is 31.5 Å². The van der Waals surface area contributed by atoms with Gasteiger partial charge in [-0.3, -0.25) is 4.39 Å². The van der Waals surface area contributed by atoms with Gasteiger partial charge in [-0.05, 0) is 36.1 Å².